The molecular formula is C17H20F2N4O. The fourth-order valence-electron chi connectivity index (χ4n) is 3.21. The van der Waals surface area contributed by atoms with Crippen LogP contribution in [0.15, 0.2) is 18.2 Å². The molecule has 1 fully saturated rings. The summed E-state index contributed by atoms with van der Waals surface area (Å²) in [6.45, 7) is 5.28. The Kier molecular flexibility index (Phi) is 4.36. The average molecular weight is 334 g/mol. The van der Waals surface area contributed by atoms with Crippen LogP contribution in [0.5, 0.6) is 0 Å². The highest BCUT2D eigenvalue weighted by Gasteiger charge is 2.30. The third-order valence-corrected chi connectivity index (χ3v) is 4.55. The van der Waals surface area contributed by atoms with Crippen LogP contribution in [0.25, 0.3) is 5.69 Å². The molecule has 2 heterocycles. The first kappa shape index (κ1) is 16.6. The van der Waals surface area contributed by atoms with Crippen molar-refractivity contribution in [2.75, 3.05) is 19.6 Å². The highest BCUT2D eigenvalue weighted by atomic mass is 19.1. The van der Waals surface area contributed by atoms with Crippen molar-refractivity contribution < 1.29 is 13.6 Å². The molecule has 24 heavy (non-hydrogen) atoms. The molecular weight excluding hydrogens is 314 g/mol. The number of hydrogen-bond acceptors (Lipinski definition) is 3. The summed E-state index contributed by atoms with van der Waals surface area (Å²) in [5.74, 6) is -1.17. The molecule has 0 aliphatic carbocycles. The van der Waals surface area contributed by atoms with Gasteiger partial charge in [-0.25, -0.2) is 13.5 Å². The maximum absolute atomic E-state index is 14.0. The summed E-state index contributed by atoms with van der Waals surface area (Å²) < 4.78 is 28.5. The van der Waals surface area contributed by atoms with Gasteiger partial charge in [0.15, 0.2) is 5.82 Å². The highest BCUT2D eigenvalue weighted by molar-refractivity contribution is 5.96. The van der Waals surface area contributed by atoms with E-state index >= 15 is 0 Å². The molecule has 5 nitrogen and oxygen atoms in total. The summed E-state index contributed by atoms with van der Waals surface area (Å²) in [4.78, 5) is 14.6. The van der Waals surface area contributed by atoms with Crippen LogP contribution in [-0.2, 0) is 0 Å². The number of aryl methyl sites for hydroxylation is 1. The van der Waals surface area contributed by atoms with Crippen molar-refractivity contribution in [3.05, 3.63) is 46.8 Å². The van der Waals surface area contributed by atoms with E-state index in [2.05, 4.69) is 5.10 Å². The van der Waals surface area contributed by atoms with Gasteiger partial charge in [0.25, 0.3) is 5.91 Å². The molecule has 1 aliphatic rings. The average Bonchev–Trinajstić information content (AvgIpc) is 3.12. The molecule has 128 valence electrons. The van der Waals surface area contributed by atoms with Crippen LogP contribution in [-0.4, -0.2) is 40.2 Å². The van der Waals surface area contributed by atoms with Gasteiger partial charge in [-0.1, -0.05) is 0 Å². The van der Waals surface area contributed by atoms with E-state index in [1.165, 1.54) is 16.8 Å². The van der Waals surface area contributed by atoms with Crippen molar-refractivity contribution in [3.63, 3.8) is 0 Å². The second-order valence-corrected chi connectivity index (χ2v) is 6.19. The van der Waals surface area contributed by atoms with Gasteiger partial charge in [0, 0.05) is 19.2 Å². The predicted octanol–water partition coefficient (Wildman–Crippen LogP) is 2.19. The van der Waals surface area contributed by atoms with Gasteiger partial charge in [-0.15, -0.1) is 0 Å². The van der Waals surface area contributed by atoms with Gasteiger partial charge in [0.1, 0.15) is 11.5 Å². The number of nitrogens with zero attached hydrogens (tertiary/aromatic N) is 3. The Hall–Kier alpha value is -2.28. The SMILES string of the molecule is Cc1nn(-c2ccc(F)cc2F)c(C)c1C(=O)N1CC[C@H](CN)C1. The van der Waals surface area contributed by atoms with Gasteiger partial charge >= 0.3 is 0 Å². The lowest BCUT2D eigenvalue weighted by atomic mass is 10.1. The fourth-order valence-corrected chi connectivity index (χ4v) is 3.21. The van der Waals surface area contributed by atoms with Crippen LogP contribution >= 0.6 is 0 Å². The van der Waals surface area contributed by atoms with Crippen molar-refractivity contribution >= 4 is 5.91 Å². The molecule has 0 saturated carbocycles. The molecule has 3 rings (SSSR count). The number of amides is 1. The van der Waals surface area contributed by atoms with Gasteiger partial charge in [0.2, 0.25) is 0 Å². The zero-order valence-corrected chi connectivity index (χ0v) is 13.7. The second-order valence-electron chi connectivity index (χ2n) is 6.19. The number of halogens is 2. The Morgan fingerprint density at radius 3 is 2.75 bits per heavy atom. The topological polar surface area (TPSA) is 64.2 Å². The number of benzene rings is 1. The molecule has 2 aromatic rings. The van der Waals surface area contributed by atoms with Crippen molar-refractivity contribution in [1.29, 1.82) is 0 Å². The van der Waals surface area contributed by atoms with E-state index in [0.29, 0.717) is 42.5 Å². The van der Waals surface area contributed by atoms with Gasteiger partial charge in [0.05, 0.1) is 17.0 Å². The van der Waals surface area contributed by atoms with E-state index in [0.717, 1.165) is 12.5 Å². The van der Waals surface area contributed by atoms with Crippen LogP contribution in [0.1, 0.15) is 28.2 Å². The zero-order chi connectivity index (χ0) is 17.4. The lowest BCUT2D eigenvalue weighted by Crippen LogP contribution is -2.30. The molecule has 2 N–H and O–H groups in total. The monoisotopic (exact) mass is 334 g/mol. The summed E-state index contributed by atoms with van der Waals surface area (Å²) in [5.41, 5.74) is 7.33. The van der Waals surface area contributed by atoms with Crippen molar-refractivity contribution in [1.82, 2.24) is 14.7 Å². The van der Waals surface area contributed by atoms with Crippen LogP contribution in [0.4, 0.5) is 8.78 Å². The van der Waals surface area contributed by atoms with E-state index in [1.54, 1.807) is 18.7 Å². The maximum Gasteiger partial charge on any atom is 0.257 e. The molecule has 0 spiro atoms. The van der Waals surface area contributed by atoms with Crippen LogP contribution in [0, 0.1) is 31.4 Å². The number of nitrogens with two attached hydrogens (primary N) is 1. The summed E-state index contributed by atoms with van der Waals surface area (Å²) >= 11 is 0. The Bertz CT molecular complexity index is 787. The molecule has 1 amide bonds. The predicted molar refractivity (Wildman–Crippen MR) is 86.0 cm³/mol. The van der Waals surface area contributed by atoms with Gasteiger partial charge in [-0.2, -0.15) is 5.10 Å². The first-order valence-corrected chi connectivity index (χ1v) is 7.93. The summed E-state index contributed by atoms with van der Waals surface area (Å²) in [6, 6.07) is 3.29. The van der Waals surface area contributed by atoms with E-state index in [-0.39, 0.29) is 11.6 Å². The number of carbonyl (C=O) groups is 1. The smallest absolute Gasteiger partial charge is 0.257 e. The molecule has 0 radical (unpaired) electrons. The van der Waals surface area contributed by atoms with Crippen molar-refractivity contribution in [2.45, 2.75) is 20.3 Å². The molecule has 0 bridgehead atoms. The van der Waals surface area contributed by atoms with E-state index in [4.69, 9.17) is 5.73 Å². The molecule has 7 heteroatoms. The standard InChI is InChI=1S/C17H20F2N4O/c1-10-16(17(24)22-6-5-12(8-20)9-22)11(2)23(21-10)15-4-3-13(18)7-14(15)19/h3-4,7,12H,5-6,8-9,20H2,1-2H3/t12-/m1/s1. The number of rotatable bonds is 3. The highest BCUT2D eigenvalue weighted by Crippen LogP contribution is 2.24. The van der Waals surface area contributed by atoms with E-state index in [1.807, 2.05) is 0 Å². The molecule has 1 atom stereocenters. The van der Waals surface area contributed by atoms with Crippen LogP contribution in [0.2, 0.25) is 0 Å². The lowest BCUT2D eigenvalue weighted by molar-refractivity contribution is 0.0786. The maximum atomic E-state index is 14.0. The molecule has 0 unspecified atom stereocenters. The van der Waals surface area contributed by atoms with Crippen molar-refractivity contribution in [3.8, 4) is 5.69 Å². The van der Waals surface area contributed by atoms with E-state index < -0.39 is 11.6 Å². The van der Waals surface area contributed by atoms with E-state index in [9.17, 15) is 13.6 Å². The Morgan fingerprint density at radius 2 is 2.12 bits per heavy atom. The third kappa shape index (κ3) is 2.80. The number of aromatic nitrogens is 2. The van der Waals surface area contributed by atoms with Gasteiger partial charge in [-0.3, -0.25) is 4.79 Å². The van der Waals surface area contributed by atoms with Crippen molar-refractivity contribution in [2.24, 2.45) is 11.7 Å². The minimum absolute atomic E-state index is 0.116. The quantitative estimate of drug-likeness (QED) is 0.936. The van der Waals surface area contributed by atoms with Crippen LogP contribution < -0.4 is 5.73 Å². The number of likely N-dealkylation sites (tertiary alicyclic amines) is 1. The first-order chi connectivity index (χ1) is 11.4. The summed E-state index contributed by atoms with van der Waals surface area (Å²) in [5, 5.41) is 4.28. The van der Waals surface area contributed by atoms with Gasteiger partial charge in [-0.05, 0) is 44.9 Å². The molecule has 1 aliphatic heterocycles. The Labute approximate surface area is 139 Å². The number of carbonyl (C=O) groups excluding carboxylic acids is 1. The second kappa shape index (κ2) is 6.32. The molecule has 1 saturated heterocycles. The molecule has 1 aromatic carbocycles. The minimum Gasteiger partial charge on any atom is -0.338 e. The Balaban J connectivity index is 1.96. The first-order valence-electron chi connectivity index (χ1n) is 7.93. The van der Waals surface area contributed by atoms with Gasteiger partial charge < -0.3 is 10.6 Å². The fraction of sp³-hybridized carbons (Fsp3) is 0.412. The zero-order valence-electron chi connectivity index (χ0n) is 13.7. The molecule has 1 aromatic heterocycles. The lowest BCUT2D eigenvalue weighted by Gasteiger charge is -2.16. The summed E-state index contributed by atoms with van der Waals surface area (Å²) in [6.07, 6.45) is 0.890. The third-order valence-electron chi connectivity index (χ3n) is 4.55. The Morgan fingerprint density at radius 1 is 1.38 bits per heavy atom. The largest absolute Gasteiger partial charge is 0.338 e. The van der Waals surface area contributed by atoms with Crippen LogP contribution in [0.3, 0.4) is 0 Å². The number of hydrogen-bond donors (Lipinski definition) is 1. The summed E-state index contributed by atoms with van der Waals surface area (Å²) in [7, 11) is 0. The minimum atomic E-state index is -0.719. The normalized spacial score (nSPS) is 17.5.